The first-order valence-electron chi connectivity index (χ1n) is 27.5. The summed E-state index contributed by atoms with van der Waals surface area (Å²) in [6, 6.07) is 20.1. The number of hydroxylamine groups is 1. The van der Waals surface area contributed by atoms with Crippen molar-refractivity contribution in [2.75, 3.05) is 63.6 Å². The van der Waals surface area contributed by atoms with Crippen LogP contribution in [0.25, 0.3) is 5.83 Å². The van der Waals surface area contributed by atoms with Gasteiger partial charge in [0.2, 0.25) is 0 Å². The van der Waals surface area contributed by atoms with Crippen molar-refractivity contribution in [3.8, 4) is 17.4 Å². The second-order valence-electron chi connectivity index (χ2n) is 23.2. The molecule has 1 unspecified atom stereocenters. The van der Waals surface area contributed by atoms with Gasteiger partial charge in [-0.1, -0.05) is 38.1 Å². The van der Waals surface area contributed by atoms with E-state index < -0.39 is 43.2 Å². The number of anilines is 2. The Kier molecular flexibility index (Phi) is 15.9. The number of benzene rings is 2. The normalized spacial score (nSPS) is 22.3. The van der Waals surface area contributed by atoms with Crippen molar-refractivity contribution in [2.24, 2.45) is 11.3 Å². The number of alkyl halides is 2. The average Bonchev–Trinajstić information content (AvgIpc) is 3.97. The number of amides is 1. The first kappa shape index (κ1) is 56.1. The molecule has 1 spiro atoms. The fourth-order valence-electron chi connectivity index (χ4n) is 12.4. The summed E-state index contributed by atoms with van der Waals surface area (Å²) in [6.07, 6.45) is 11.0. The van der Waals surface area contributed by atoms with Crippen LogP contribution in [0.4, 0.5) is 30.4 Å². The number of ether oxygens (including phenoxy) is 2. The molecular weight excluding hydrogens is 1040 g/mol. The summed E-state index contributed by atoms with van der Waals surface area (Å²) in [6.45, 7) is 12.0. The highest BCUT2D eigenvalue weighted by Gasteiger charge is 2.50. The Hall–Kier alpha value is -6.16. The van der Waals surface area contributed by atoms with Crippen LogP contribution in [0.1, 0.15) is 135 Å². The number of sulfonamides is 1. The maximum Gasteiger partial charge on any atom is 0.286 e. The lowest BCUT2D eigenvalue weighted by Crippen LogP contribution is -2.98. The molecule has 422 valence electrons. The largest absolute Gasteiger partial charge is 0.629 e. The first-order valence-corrected chi connectivity index (χ1v) is 29.0. The molecule has 4 fully saturated rings. The zero-order valence-electron chi connectivity index (χ0n) is 45.8. The van der Waals surface area contributed by atoms with E-state index in [4.69, 9.17) is 9.47 Å². The van der Waals surface area contributed by atoms with Gasteiger partial charge >= 0.3 is 0 Å². The molecule has 2 aromatic carbocycles. The Morgan fingerprint density at radius 1 is 0.987 bits per heavy atom. The number of nitrogens with one attached hydrogen (secondary N) is 3. The molecule has 1 amide bonds. The summed E-state index contributed by atoms with van der Waals surface area (Å²) < 4.78 is 85.8. The van der Waals surface area contributed by atoms with Crippen molar-refractivity contribution < 1.29 is 46.0 Å². The number of aliphatic hydroxyl groups is 1. The molecule has 5 aliphatic rings. The summed E-state index contributed by atoms with van der Waals surface area (Å²) >= 11 is 0. The zero-order chi connectivity index (χ0) is 56.0. The molecule has 5 aromatic rings. The van der Waals surface area contributed by atoms with Gasteiger partial charge in [-0.25, -0.2) is 27.5 Å². The van der Waals surface area contributed by atoms with Gasteiger partial charge in [-0.15, -0.1) is 0 Å². The monoisotopic (exact) mass is 1110 g/mol. The van der Waals surface area contributed by atoms with Crippen molar-refractivity contribution >= 4 is 38.9 Å². The number of allylic oxidation sites excluding steroid dienone is 1. The van der Waals surface area contributed by atoms with Gasteiger partial charge in [0.05, 0.1) is 37.2 Å². The number of pyridine rings is 3. The van der Waals surface area contributed by atoms with Gasteiger partial charge in [0.15, 0.2) is 17.3 Å². The SMILES string of the molecule is COc1nc2c(cc1Oc1cc(N3CCC4(CC3)CC(N3CCN(Cc5ccnc(C(C)(F)F)c5)C[C@H]3c3ccccc3C(C)C)C4)ccc1C(=O)NS(=O)(=O)c1cnc(NC[C@H]3CC[C@](C)(O)CC3)c([NH+](C)[O-])c1)C(F)=CC2. The quantitative estimate of drug-likeness (QED) is 0.0645. The van der Waals surface area contributed by atoms with Gasteiger partial charge in [-0.3, -0.25) is 19.6 Å². The molecular formula is C59H72F3N9O7S. The fraction of sp³-hybridized carbons (Fsp3) is 0.492. The molecule has 2 saturated carbocycles. The molecule has 20 heteroatoms. The van der Waals surface area contributed by atoms with Crippen LogP contribution in [-0.2, 0) is 28.9 Å². The molecule has 4 N–H and O–H groups in total. The Morgan fingerprint density at radius 3 is 2.44 bits per heavy atom. The van der Waals surface area contributed by atoms with Crippen molar-refractivity contribution in [3.05, 3.63) is 130 Å². The number of hydrogen-bond acceptors (Lipinski definition) is 14. The number of quaternary nitrogens is 1. The van der Waals surface area contributed by atoms with Gasteiger partial charge in [0.1, 0.15) is 22.2 Å². The molecule has 2 saturated heterocycles. The maximum atomic E-state index is 15.0. The third-order valence-corrected chi connectivity index (χ3v) is 18.4. The van der Waals surface area contributed by atoms with Crippen LogP contribution < -0.4 is 29.5 Å². The van der Waals surface area contributed by atoms with Crippen LogP contribution in [0.3, 0.4) is 0 Å². The lowest BCUT2D eigenvalue weighted by molar-refractivity contribution is -0.751. The summed E-state index contributed by atoms with van der Waals surface area (Å²) in [5.41, 5.74) is 3.97. The van der Waals surface area contributed by atoms with Crippen molar-refractivity contribution in [1.29, 1.82) is 0 Å². The number of nitrogens with zero attached hydrogens (tertiary/aromatic N) is 6. The Bertz CT molecular complexity index is 3200. The molecule has 16 nitrogen and oxygen atoms in total. The molecule has 2 atom stereocenters. The standard InChI is InChI=1S/C59H72F3N9O7S/c1-37(2)43-9-7-8-10-44(43)50-36-69(35-39-17-22-63-53(27-39)58(4,61)62)25-26-71(50)41-31-59(32-41)20-23-70(24-21-59)40-11-12-45(51(28-40)78-52-30-46-47(60)13-14-48(46)66-56(52)77-6)55(72)67-79(75,76)42-29-49(68(5)74)54(65-34-42)64-33-38-15-18-57(3,73)19-16-38/h7-13,17,22,27-30,34,37-38,41,50,68,73H,14-16,18-21,23-26,31-33,35-36H2,1-6H3,(H,64,65)(H,67,72)/t38-,50-,57-/m0/s1. The van der Waals surface area contributed by atoms with E-state index in [0.717, 1.165) is 82.5 Å². The molecule has 79 heavy (non-hydrogen) atoms. The minimum absolute atomic E-state index is 0.0116. The van der Waals surface area contributed by atoms with Crippen LogP contribution in [0, 0.1) is 16.5 Å². The van der Waals surface area contributed by atoms with Crippen LogP contribution in [0.15, 0.2) is 90.1 Å². The van der Waals surface area contributed by atoms with E-state index in [-0.39, 0.29) is 69.5 Å². The fourth-order valence-corrected chi connectivity index (χ4v) is 13.4. The predicted molar refractivity (Wildman–Crippen MR) is 296 cm³/mol. The third kappa shape index (κ3) is 12.3. The molecule has 0 bridgehead atoms. The van der Waals surface area contributed by atoms with E-state index in [2.05, 4.69) is 77.8 Å². The smallest absolute Gasteiger partial charge is 0.286 e. The van der Waals surface area contributed by atoms with E-state index in [1.54, 1.807) is 12.1 Å². The predicted octanol–water partition coefficient (Wildman–Crippen LogP) is 9.20. The van der Waals surface area contributed by atoms with Crippen LogP contribution in [0.2, 0.25) is 0 Å². The van der Waals surface area contributed by atoms with Crippen LogP contribution in [-0.4, -0.2) is 109 Å². The topological polar surface area (TPSA) is 190 Å². The highest BCUT2D eigenvalue weighted by molar-refractivity contribution is 7.90. The van der Waals surface area contributed by atoms with Crippen molar-refractivity contribution in [2.45, 2.75) is 126 Å². The Labute approximate surface area is 461 Å². The highest BCUT2D eigenvalue weighted by Crippen LogP contribution is 2.54. The number of fused-ring (bicyclic) bond motifs is 1. The Balaban J connectivity index is 0.853. The second kappa shape index (κ2) is 22.4. The van der Waals surface area contributed by atoms with Crippen LogP contribution >= 0.6 is 0 Å². The van der Waals surface area contributed by atoms with E-state index in [1.165, 1.54) is 61.8 Å². The number of piperazine rings is 1. The van der Waals surface area contributed by atoms with Gasteiger partial charge < -0.3 is 35.1 Å². The van der Waals surface area contributed by atoms with Gasteiger partial charge in [-0.05, 0) is 129 Å². The minimum Gasteiger partial charge on any atom is -0.629 e. The van der Waals surface area contributed by atoms with Gasteiger partial charge in [-0.2, -0.15) is 8.78 Å². The van der Waals surface area contributed by atoms with E-state index in [9.17, 15) is 32.3 Å². The number of piperidine rings is 1. The summed E-state index contributed by atoms with van der Waals surface area (Å²) in [5, 5.41) is 26.1. The van der Waals surface area contributed by atoms with E-state index in [1.807, 2.05) is 13.0 Å². The first-order chi connectivity index (χ1) is 37.6. The lowest BCUT2D eigenvalue weighted by atomic mass is 9.59. The molecule has 2 aliphatic heterocycles. The summed E-state index contributed by atoms with van der Waals surface area (Å²) in [7, 11) is -1.89. The average molecular weight is 1110 g/mol. The molecule has 10 rings (SSSR count). The van der Waals surface area contributed by atoms with E-state index in [0.29, 0.717) is 56.7 Å². The second-order valence-corrected chi connectivity index (χ2v) is 24.8. The zero-order valence-corrected chi connectivity index (χ0v) is 46.6. The lowest BCUT2D eigenvalue weighted by Gasteiger charge is -2.58. The number of carbonyl (C=O) groups is 1. The number of carbonyl (C=O) groups excluding carboxylic acids is 1. The maximum absolute atomic E-state index is 15.0. The van der Waals surface area contributed by atoms with Gasteiger partial charge in [0, 0.05) is 101 Å². The number of aromatic nitrogens is 3. The van der Waals surface area contributed by atoms with E-state index >= 15 is 4.39 Å². The number of halogens is 3. The molecule has 0 radical (unpaired) electrons. The molecule has 5 heterocycles. The minimum atomic E-state index is -4.61. The molecule has 3 aromatic heterocycles. The number of hydrogen-bond donors (Lipinski definition) is 4. The van der Waals surface area contributed by atoms with Crippen molar-refractivity contribution in [3.63, 3.8) is 0 Å². The number of rotatable bonds is 17. The number of methoxy groups -OCH3 is 1. The van der Waals surface area contributed by atoms with Crippen LogP contribution in [0.5, 0.6) is 17.4 Å². The summed E-state index contributed by atoms with van der Waals surface area (Å²) in [5.74, 6) is -3.67. The highest BCUT2D eigenvalue weighted by atomic mass is 32.2. The summed E-state index contributed by atoms with van der Waals surface area (Å²) in [4.78, 5) is 34.0. The third-order valence-electron chi connectivity index (χ3n) is 17.1. The van der Waals surface area contributed by atoms with Gasteiger partial charge in [0.25, 0.3) is 27.7 Å². The molecule has 3 aliphatic carbocycles. The van der Waals surface area contributed by atoms with Crippen molar-refractivity contribution in [1.82, 2.24) is 29.5 Å². The Morgan fingerprint density at radius 2 is 1.73 bits per heavy atom.